The van der Waals surface area contributed by atoms with Crippen molar-refractivity contribution in [1.82, 2.24) is 5.32 Å². The smallest absolute Gasteiger partial charge is 0.243 e. The molecular weight excluding hydrogens is 326 g/mol. The first-order valence-electron chi connectivity index (χ1n) is 8.72. The van der Waals surface area contributed by atoms with Crippen LogP contribution in [0.3, 0.4) is 0 Å². The molecule has 26 heavy (non-hydrogen) atoms. The quantitative estimate of drug-likeness (QED) is 0.745. The summed E-state index contributed by atoms with van der Waals surface area (Å²) in [5.74, 6) is -0.458. The average Bonchev–Trinajstić information content (AvgIpc) is 2.55. The third-order valence-electron chi connectivity index (χ3n) is 4.29. The zero-order valence-corrected chi connectivity index (χ0v) is 16.1. The average molecular weight is 353 g/mol. The molecule has 5 nitrogen and oxygen atoms in total. The molecule has 2 rings (SSSR count). The van der Waals surface area contributed by atoms with Crippen LogP contribution in [0.1, 0.15) is 27.8 Å². The molecule has 0 heterocycles. The fourth-order valence-electron chi connectivity index (χ4n) is 3.06. The van der Waals surface area contributed by atoms with Gasteiger partial charge in [-0.1, -0.05) is 35.9 Å². The maximum Gasteiger partial charge on any atom is 0.243 e. The minimum Gasteiger partial charge on any atom is -0.376 e. The van der Waals surface area contributed by atoms with Gasteiger partial charge < -0.3 is 16.0 Å². The van der Waals surface area contributed by atoms with Crippen LogP contribution in [0.2, 0.25) is 0 Å². The molecule has 0 aliphatic carbocycles. The van der Waals surface area contributed by atoms with Gasteiger partial charge in [-0.15, -0.1) is 0 Å². The van der Waals surface area contributed by atoms with Crippen LogP contribution < -0.4 is 16.0 Å². The molecule has 0 bridgehead atoms. The molecule has 2 aromatic rings. The second-order valence-corrected chi connectivity index (χ2v) is 6.72. The zero-order valence-electron chi connectivity index (χ0n) is 16.1. The first-order valence-corrected chi connectivity index (χ1v) is 8.72. The number of anilines is 2. The number of para-hydroxylation sites is 1. The Labute approximate surface area is 155 Å². The largest absolute Gasteiger partial charge is 0.376 e. The molecule has 0 atom stereocenters. The van der Waals surface area contributed by atoms with Crippen molar-refractivity contribution >= 4 is 23.2 Å². The van der Waals surface area contributed by atoms with E-state index in [-0.39, 0.29) is 24.9 Å². The predicted molar refractivity (Wildman–Crippen MR) is 107 cm³/mol. The summed E-state index contributed by atoms with van der Waals surface area (Å²) >= 11 is 0. The van der Waals surface area contributed by atoms with Gasteiger partial charge in [0.25, 0.3) is 0 Å². The van der Waals surface area contributed by atoms with E-state index >= 15 is 0 Å². The molecule has 2 amide bonds. The zero-order chi connectivity index (χ0) is 19.3. The van der Waals surface area contributed by atoms with Gasteiger partial charge in [-0.2, -0.15) is 0 Å². The van der Waals surface area contributed by atoms with E-state index in [9.17, 15) is 9.59 Å². The number of benzene rings is 2. The van der Waals surface area contributed by atoms with Gasteiger partial charge in [0.1, 0.15) is 0 Å². The highest BCUT2D eigenvalue weighted by Gasteiger charge is 2.10. The first-order chi connectivity index (χ1) is 12.3. The molecule has 0 unspecified atom stereocenters. The third-order valence-corrected chi connectivity index (χ3v) is 4.29. The van der Waals surface area contributed by atoms with Crippen LogP contribution in [0.5, 0.6) is 0 Å². The number of aryl methyl sites for hydroxylation is 5. The van der Waals surface area contributed by atoms with Crippen molar-refractivity contribution in [3.63, 3.8) is 0 Å². The van der Waals surface area contributed by atoms with Crippen molar-refractivity contribution < 1.29 is 9.59 Å². The van der Waals surface area contributed by atoms with Crippen LogP contribution >= 0.6 is 0 Å². The van der Waals surface area contributed by atoms with Crippen molar-refractivity contribution in [2.24, 2.45) is 0 Å². The lowest BCUT2D eigenvalue weighted by molar-refractivity contribution is -0.122. The maximum atomic E-state index is 12.1. The van der Waals surface area contributed by atoms with E-state index in [1.165, 1.54) is 0 Å². The number of amides is 2. The maximum absolute atomic E-state index is 12.1. The molecule has 0 spiro atoms. The molecule has 0 saturated carbocycles. The number of hydrogen-bond acceptors (Lipinski definition) is 3. The van der Waals surface area contributed by atoms with Gasteiger partial charge in [0.15, 0.2) is 0 Å². The van der Waals surface area contributed by atoms with Crippen LogP contribution in [0.15, 0.2) is 30.3 Å². The van der Waals surface area contributed by atoms with Crippen molar-refractivity contribution in [3.8, 4) is 0 Å². The Morgan fingerprint density at radius 3 is 1.92 bits per heavy atom. The fraction of sp³-hybridized carbons (Fsp3) is 0.333. The molecule has 2 aromatic carbocycles. The van der Waals surface area contributed by atoms with Crippen molar-refractivity contribution in [3.05, 3.63) is 58.1 Å². The van der Waals surface area contributed by atoms with Crippen LogP contribution in [-0.4, -0.2) is 24.9 Å². The summed E-state index contributed by atoms with van der Waals surface area (Å²) in [5.41, 5.74) is 7.12. The molecule has 0 aliphatic rings. The highest BCUT2D eigenvalue weighted by Crippen LogP contribution is 2.21. The SMILES string of the molecule is Cc1cc(C)c(NC(=O)CNC(=O)CNc2c(C)cccc2C)c(C)c1. The van der Waals surface area contributed by atoms with E-state index in [1.54, 1.807) is 0 Å². The normalized spacial score (nSPS) is 10.3. The third kappa shape index (κ3) is 5.09. The number of carbonyl (C=O) groups is 2. The molecular formula is C21H27N3O2. The standard InChI is InChI=1S/C21H27N3O2/c1-13-9-16(4)21(17(5)10-13)24-19(26)12-22-18(25)11-23-20-14(2)7-6-8-15(20)3/h6-10,23H,11-12H2,1-5H3,(H,22,25)(H,24,26). The highest BCUT2D eigenvalue weighted by atomic mass is 16.2. The monoisotopic (exact) mass is 353 g/mol. The van der Waals surface area contributed by atoms with E-state index in [2.05, 4.69) is 16.0 Å². The molecule has 0 saturated heterocycles. The first kappa shape index (κ1) is 19.5. The van der Waals surface area contributed by atoms with Crippen molar-refractivity contribution in [2.75, 3.05) is 23.7 Å². The van der Waals surface area contributed by atoms with Crippen molar-refractivity contribution in [2.45, 2.75) is 34.6 Å². The topological polar surface area (TPSA) is 70.2 Å². The molecule has 138 valence electrons. The lowest BCUT2D eigenvalue weighted by atomic mass is 10.1. The number of hydrogen-bond donors (Lipinski definition) is 3. The van der Waals surface area contributed by atoms with Crippen LogP contribution in [-0.2, 0) is 9.59 Å². The fourth-order valence-corrected chi connectivity index (χ4v) is 3.06. The van der Waals surface area contributed by atoms with Gasteiger partial charge in [-0.25, -0.2) is 0 Å². The Morgan fingerprint density at radius 1 is 0.769 bits per heavy atom. The number of carbonyl (C=O) groups excluding carboxylic acids is 2. The van der Waals surface area contributed by atoms with Gasteiger partial charge in [-0.3, -0.25) is 9.59 Å². The van der Waals surface area contributed by atoms with Crippen LogP contribution in [0, 0.1) is 34.6 Å². The Balaban J connectivity index is 1.85. The molecule has 0 fully saturated rings. The minimum atomic E-state index is -0.236. The Hall–Kier alpha value is -2.82. The van der Waals surface area contributed by atoms with Gasteiger partial charge in [0, 0.05) is 11.4 Å². The lowest BCUT2D eigenvalue weighted by Gasteiger charge is -2.14. The summed E-state index contributed by atoms with van der Waals surface area (Å²) in [4.78, 5) is 24.2. The van der Waals surface area contributed by atoms with Gasteiger partial charge in [0.05, 0.1) is 13.1 Å². The summed E-state index contributed by atoms with van der Waals surface area (Å²) in [7, 11) is 0. The minimum absolute atomic E-state index is 0.0555. The number of nitrogens with one attached hydrogen (secondary N) is 3. The summed E-state index contributed by atoms with van der Waals surface area (Å²) in [6.45, 7) is 10.0. The summed E-state index contributed by atoms with van der Waals surface area (Å²) < 4.78 is 0. The summed E-state index contributed by atoms with van der Waals surface area (Å²) in [5, 5.41) is 8.66. The van der Waals surface area contributed by atoms with Gasteiger partial charge >= 0.3 is 0 Å². The van der Waals surface area contributed by atoms with Crippen LogP contribution in [0.4, 0.5) is 11.4 Å². The van der Waals surface area contributed by atoms with E-state index < -0.39 is 0 Å². The predicted octanol–water partition coefficient (Wildman–Crippen LogP) is 3.40. The second-order valence-electron chi connectivity index (χ2n) is 6.72. The molecule has 0 aliphatic heterocycles. The Morgan fingerprint density at radius 2 is 1.35 bits per heavy atom. The Kier molecular flexibility index (Phi) is 6.39. The molecule has 0 aromatic heterocycles. The van der Waals surface area contributed by atoms with E-state index in [0.29, 0.717) is 0 Å². The Bertz CT molecular complexity index is 785. The van der Waals surface area contributed by atoms with E-state index in [1.807, 2.05) is 65.0 Å². The lowest BCUT2D eigenvalue weighted by Crippen LogP contribution is -2.36. The number of rotatable bonds is 6. The summed E-state index contributed by atoms with van der Waals surface area (Å²) in [6, 6.07) is 10.0. The summed E-state index contributed by atoms with van der Waals surface area (Å²) in [6.07, 6.45) is 0. The molecule has 5 heteroatoms. The molecule has 0 radical (unpaired) electrons. The van der Waals surface area contributed by atoms with Crippen molar-refractivity contribution in [1.29, 1.82) is 0 Å². The second kappa shape index (κ2) is 8.52. The highest BCUT2D eigenvalue weighted by molar-refractivity contribution is 5.96. The van der Waals surface area contributed by atoms with Gasteiger partial charge in [0.2, 0.25) is 11.8 Å². The van der Waals surface area contributed by atoms with Crippen LogP contribution in [0.25, 0.3) is 0 Å². The molecule has 3 N–H and O–H groups in total. The van der Waals surface area contributed by atoms with E-state index in [0.717, 1.165) is 39.2 Å². The van der Waals surface area contributed by atoms with E-state index in [4.69, 9.17) is 0 Å². The van der Waals surface area contributed by atoms with Gasteiger partial charge in [-0.05, 0) is 56.9 Å².